The second-order valence-electron chi connectivity index (χ2n) is 4.13. The van der Waals surface area contributed by atoms with Crippen molar-refractivity contribution in [2.75, 3.05) is 18.2 Å². The van der Waals surface area contributed by atoms with Gasteiger partial charge in [-0.25, -0.2) is 0 Å². The Balaban J connectivity index is 2.07. The quantitative estimate of drug-likeness (QED) is 0.857. The van der Waals surface area contributed by atoms with Crippen molar-refractivity contribution < 1.29 is 9.53 Å². The summed E-state index contributed by atoms with van der Waals surface area (Å²) in [5.74, 6) is 0.449. The van der Waals surface area contributed by atoms with Gasteiger partial charge in [-0.1, -0.05) is 12.1 Å². The Morgan fingerprint density at radius 1 is 1.24 bits per heavy atom. The van der Waals surface area contributed by atoms with Gasteiger partial charge in [-0.05, 0) is 42.7 Å². The number of benzene rings is 2. The third-order valence-corrected chi connectivity index (χ3v) is 3.56. The number of anilines is 1. The number of hydrogen-bond acceptors (Lipinski definition) is 4. The van der Waals surface area contributed by atoms with Crippen LogP contribution in [0.5, 0.6) is 5.75 Å². The van der Waals surface area contributed by atoms with E-state index in [9.17, 15) is 4.79 Å². The molecule has 1 amide bonds. The van der Waals surface area contributed by atoms with E-state index < -0.39 is 0 Å². The van der Waals surface area contributed by atoms with Crippen molar-refractivity contribution in [1.82, 2.24) is 0 Å². The third-order valence-electron chi connectivity index (χ3n) is 2.77. The predicted octanol–water partition coefficient (Wildman–Crippen LogP) is 3.56. The van der Waals surface area contributed by atoms with Crippen molar-refractivity contribution in [2.24, 2.45) is 0 Å². The van der Waals surface area contributed by atoms with Gasteiger partial charge in [0.15, 0.2) is 6.61 Å². The fourth-order valence-electron chi connectivity index (χ4n) is 1.78. The molecule has 0 aromatic heterocycles. The molecule has 4 nitrogen and oxygen atoms in total. The molecule has 0 heterocycles. The van der Waals surface area contributed by atoms with Gasteiger partial charge in [0.25, 0.3) is 5.91 Å². The molecule has 21 heavy (non-hydrogen) atoms. The summed E-state index contributed by atoms with van der Waals surface area (Å²) in [6, 6.07) is 16.3. The number of carbonyl (C=O) groups is 1. The molecule has 106 valence electrons. The number of carbonyl (C=O) groups excluding carboxylic acids is 1. The molecule has 2 rings (SSSR count). The maximum absolute atomic E-state index is 12.3. The van der Waals surface area contributed by atoms with Crippen LogP contribution in [0.3, 0.4) is 0 Å². The minimum atomic E-state index is -0.148. The van der Waals surface area contributed by atoms with Crippen LogP contribution < -0.4 is 10.1 Å². The zero-order valence-electron chi connectivity index (χ0n) is 11.5. The normalized spacial score (nSPS) is 9.71. The smallest absolute Gasteiger partial charge is 0.256 e. The molecule has 0 spiro atoms. The van der Waals surface area contributed by atoms with Crippen LogP contribution in [0, 0.1) is 11.3 Å². The highest BCUT2D eigenvalue weighted by Crippen LogP contribution is 2.22. The van der Waals surface area contributed by atoms with E-state index in [2.05, 4.69) is 5.32 Å². The first-order valence-electron chi connectivity index (χ1n) is 6.29. The molecule has 5 heteroatoms. The van der Waals surface area contributed by atoms with Gasteiger partial charge in [0.1, 0.15) is 11.8 Å². The summed E-state index contributed by atoms with van der Waals surface area (Å²) in [6.45, 7) is 0.00675. The second-order valence-corrected chi connectivity index (χ2v) is 4.97. The molecule has 1 N–H and O–H groups in total. The van der Waals surface area contributed by atoms with Crippen LogP contribution in [0.15, 0.2) is 53.4 Å². The van der Waals surface area contributed by atoms with Gasteiger partial charge in [0.05, 0.1) is 5.56 Å². The van der Waals surface area contributed by atoms with Crippen LogP contribution in [0.2, 0.25) is 0 Å². The summed E-state index contributed by atoms with van der Waals surface area (Å²) >= 11 is 1.53. The van der Waals surface area contributed by atoms with E-state index in [1.165, 1.54) is 11.8 Å². The van der Waals surface area contributed by atoms with E-state index in [-0.39, 0.29) is 12.5 Å². The first-order valence-corrected chi connectivity index (χ1v) is 7.51. The maximum Gasteiger partial charge on any atom is 0.256 e. The predicted molar refractivity (Wildman–Crippen MR) is 83.7 cm³/mol. The molecule has 0 radical (unpaired) electrons. The maximum atomic E-state index is 12.3. The number of hydrogen-bond donors (Lipinski definition) is 1. The van der Waals surface area contributed by atoms with E-state index in [1.807, 2.05) is 30.5 Å². The van der Waals surface area contributed by atoms with Gasteiger partial charge in [-0.15, -0.1) is 11.8 Å². The minimum Gasteiger partial charge on any atom is -0.479 e. The molecule has 0 saturated carbocycles. The SMILES string of the molecule is CSc1ccccc1C(=O)Nc1ccc(OCC#N)cc1. The lowest BCUT2D eigenvalue weighted by Gasteiger charge is -2.09. The van der Waals surface area contributed by atoms with Crippen molar-refractivity contribution in [3.63, 3.8) is 0 Å². The summed E-state index contributed by atoms with van der Waals surface area (Å²) in [4.78, 5) is 13.2. The van der Waals surface area contributed by atoms with Crippen molar-refractivity contribution in [3.05, 3.63) is 54.1 Å². The van der Waals surface area contributed by atoms with Crippen LogP contribution >= 0.6 is 11.8 Å². The summed E-state index contributed by atoms with van der Waals surface area (Å²) in [5.41, 5.74) is 1.33. The van der Waals surface area contributed by atoms with E-state index in [0.29, 0.717) is 17.0 Å². The number of rotatable bonds is 5. The van der Waals surface area contributed by atoms with Crippen LogP contribution in [-0.4, -0.2) is 18.8 Å². The summed E-state index contributed by atoms with van der Waals surface area (Å²) < 4.78 is 5.16. The molecule has 0 bridgehead atoms. The molecule has 2 aromatic rings. The molecule has 0 unspecified atom stereocenters. The average molecular weight is 298 g/mol. The highest BCUT2D eigenvalue weighted by Gasteiger charge is 2.10. The van der Waals surface area contributed by atoms with E-state index in [0.717, 1.165) is 4.90 Å². The second kappa shape index (κ2) is 7.36. The van der Waals surface area contributed by atoms with Crippen LogP contribution in [-0.2, 0) is 0 Å². The summed E-state index contributed by atoms with van der Waals surface area (Å²) in [7, 11) is 0. The van der Waals surface area contributed by atoms with Gasteiger partial charge in [-0.2, -0.15) is 5.26 Å². The zero-order chi connectivity index (χ0) is 15.1. The number of thioether (sulfide) groups is 1. The first kappa shape index (κ1) is 14.9. The Morgan fingerprint density at radius 2 is 1.95 bits per heavy atom. The molecule has 0 aliphatic rings. The summed E-state index contributed by atoms with van der Waals surface area (Å²) in [6.07, 6.45) is 1.94. The Kier molecular flexibility index (Phi) is 5.24. The van der Waals surface area contributed by atoms with Gasteiger partial charge < -0.3 is 10.1 Å². The highest BCUT2D eigenvalue weighted by atomic mass is 32.2. The Morgan fingerprint density at radius 3 is 2.62 bits per heavy atom. The summed E-state index contributed by atoms with van der Waals surface area (Å²) in [5, 5.41) is 11.3. The molecule has 0 atom stereocenters. The number of nitrogens with one attached hydrogen (secondary N) is 1. The van der Waals surface area contributed by atoms with E-state index >= 15 is 0 Å². The van der Waals surface area contributed by atoms with Crippen LogP contribution in [0.4, 0.5) is 5.69 Å². The number of amides is 1. The number of nitriles is 1. The monoisotopic (exact) mass is 298 g/mol. The molecule has 0 aliphatic carbocycles. The van der Waals surface area contributed by atoms with Crippen LogP contribution in [0.25, 0.3) is 0 Å². The number of nitrogens with zero attached hydrogens (tertiary/aromatic N) is 1. The first-order chi connectivity index (χ1) is 10.2. The molecular weight excluding hydrogens is 284 g/mol. The molecule has 0 saturated heterocycles. The van der Waals surface area contributed by atoms with Crippen LogP contribution in [0.1, 0.15) is 10.4 Å². The van der Waals surface area contributed by atoms with Gasteiger partial charge in [0.2, 0.25) is 0 Å². The zero-order valence-corrected chi connectivity index (χ0v) is 12.3. The van der Waals surface area contributed by atoms with Crippen molar-refractivity contribution >= 4 is 23.4 Å². The molecular formula is C16H14N2O2S. The standard InChI is InChI=1S/C16H14N2O2S/c1-21-15-5-3-2-4-14(15)16(19)18-12-6-8-13(9-7-12)20-11-10-17/h2-9H,11H2,1H3,(H,18,19). The van der Waals surface area contributed by atoms with E-state index in [4.69, 9.17) is 10.00 Å². The fraction of sp³-hybridized carbons (Fsp3) is 0.125. The average Bonchev–Trinajstić information content (AvgIpc) is 2.54. The van der Waals surface area contributed by atoms with Crippen molar-refractivity contribution in [1.29, 1.82) is 5.26 Å². The fourth-order valence-corrected chi connectivity index (χ4v) is 2.38. The lowest BCUT2D eigenvalue weighted by Crippen LogP contribution is -2.12. The number of ether oxygens (including phenoxy) is 1. The van der Waals surface area contributed by atoms with Crippen molar-refractivity contribution in [3.8, 4) is 11.8 Å². The van der Waals surface area contributed by atoms with Gasteiger partial charge in [0, 0.05) is 10.6 Å². The lowest BCUT2D eigenvalue weighted by atomic mass is 10.2. The minimum absolute atomic E-state index is 0.00675. The lowest BCUT2D eigenvalue weighted by molar-refractivity contribution is 0.102. The third kappa shape index (κ3) is 4.01. The highest BCUT2D eigenvalue weighted by molar-refractivity contribution is 7.98. The van der Waals surface area contributed by atoms with Crippen molar-refractivity contribution in [2.45, 2.75) is 4.90 Å². The van der Waals surface area contributed by atoms with Gasteiger partial charge >= 0.3 is 0 Å². The Labute approximate surface area is 127 Å². The molecule has 0 aliphatic heterocycles. The van der Waals surface area contributed by atoms with E-state index in [1.54, 1.807) is 30.3 Å². The largest absolute Gasteiger partial charge is 0.479 e. The van der Waals surface area contributed by atoms with Gasteiger partial charge in [-0.3, -0.25) is 4.79 Å². The topological polar surface area (TPSA) is 62.1 Å². The Hall–Kier alpha value is -2.45. The molecule has 2 aromatic carbocycles. The molecule has 0 fully saturated rings. The Bertz CT molecular complexity index is 663.